The van der Waals surface area contributed by atoms with Crippen LogP contribution in [0, 0.1) is 13.8 Å². The van der Waals surface area contributed by atoms with Crippen LogP contribution in [0.25, 0.3) is 22.4 Å². The van der Waals surface area contributed by atoms with Crippen molar-refractivity contribution in [1.29, 1.82) is 0 Å². The Morgan fingerprint density at radius 2 is 1.62 bits per heavy atom. The van der Waals surface area contributed by atoms with Crippen molar-refractivity contribution < 1.29 is 4.79 Å². The third kappa shape index (κ3) is 3.22. The molecule has 4 aromatic rings. The number of amides is 1. The van der Waals surface area contributed by atoms with Crippen molar-refractivity contribution in [3.63, 3.8) is 0 Å². The quantitative estimate of drug-likeness (QED) is 0.545. The summed E-state index contributed by atoms with van der Waals surface area (Å²) >= 11 is 0. The number of benzene rings is 3. The number of nitrogens with zero attached hydrogens (tertiary/aromatic N) is 1. The molecule has 0 saturated heterocycles. The molecule has 0 radical (unpaired) electrons. The molecule has 0 aliphatic heterocycles. The van der Waals surface area contributed by atoms with Gasteiger partial charge in [-0.1, -0.05) is 30.3 Å². The number of nitrogens with one attached hydrogen (secondary N) is 2. The molecule has 0 spiro atoms. The second kappa shape index (κ2) is 6.48. The smallest absolute Gasteiger partial charge is 0.255 e. The Labute approximate surface area is 151 Å². The number of carbonyl (C=O) groups excluding carboxylic acids is 1. The van der Waals surface area contributed by atoms with Gasteiger partial charge < -0.3 is 10.3 Å². The molecule has 1 aromatic heterocycles. The van der Waals surface area contributed by atoms with Gasteiger partial charge in [0.25, 0.3) is 5.91 Å². The molecule has 26 heavy (non-hydrogen) atoms. The lowest BCUT2D eigenvalue weighted by molar-refractivity contribution is 0.102. The highest BCUT2D eigenvalue weighted by Crippen LogP contribution is 2.21. The monoisotopic (exact) mass is 341 g/mol. The van der Waals surface area contributed by atoms with Crippen LogP contribution in [-0.2, 0) is 0 Å². The van der Waals surface area contributed by atoms with Gasteiger partial charge in [-0.3, -0.25) is 4.79 Å². The highest BCUT2D eigenvalue weighted by Gasteiger charge is 2.09. The molecule has 2 N–H and O–H groups in total. The Hall–Kier alpha value is -3.40. The maximum absolute atomic E-state index is 12.5. The second-order valence-corrected chi connectivity index (χ2v) is 6.51. The molecule has 1 amide bonds. The highest BCUT2D eigenvalue weighted by atomic mass is 16.1. The van der Waals surface area contributed by atoms with E-state index >= 15 is 0 Å². The van der Waals surface area contributed by atoms with E-state index in [0.29, 0.717) is 5.56 Å². The molecule has 0 bridgehead atoms. The van der Waals surface area contributed by atoms with E-state index < -0.39 is 0 Å². The van der Waals surface area contributed by atoms with Crippen molar-refractivity contribution in [3.05, 3.63) is 83.4 Å². The third-order valence-electron chi connectivity index (χ3n) is 4.29. The van der Waals surface area contributed by atoms with Gasteiger partial charge in [-0.2, -0.15) is 0 Å². The van der Waals surface area contributed by atoms with E-state index in [0.717, 1.165) is 39.2 Å². The molecule has 0 fully saturated rings. The molecule has 0 aliphatic carbocycles. The summed E-state index contributed by atoms with van der Waals surface area (Å²) in [6.45, 7) is 4.04. The van der Waals surface area contributed by atoms with Crippen LogP contribution in [0.5, 0.6) is 0 Å². The average molecular weight is 341 g/mol. The van der Waals surface area contributed by atoms with Gasteiger partial charge >= 0.3 is 0 Å². The first-order valence-corrected chi connectivity index (χ1v) is 8.53. The van der Waals surface area contributed by atoms with Crippen LogP contribution in [0.4, 0.5) is 5.69 Å². The first-order chi connectivity index (χ1) is 12.6. The lowest BCUT2D eigenvalue weighted by Gasteiger charge is -2.08. The molecule has 0 saturated carbocycles. The van der Waals surface area contributed by atoms with Crippen LogP contribution in [0.1, 0.15) is 21.5 Å². The van der Waals surface area contributed by atoms with Gasteiger partial charge in [0.05, 0.1) is 11.0 Å². The van der Waals surface area contributed by atoms with E-state index in [1.807, 2.05) is 74.5 Å². The maximum atomic E-state index is 12.5. The van der Waals surface area contributed by atoms with E-state index in [9.17, 15) is 4.79 Å². The fourth-order valence-electron chi connectivity index (χ4n) is 3.12. The van der Waals surface area contributed by atoms with Crippen LogP contribution in [-0.4, -0.2) is 15.9 Å². The zero-order valence-corrected chi connectivity index (χ0v) is 14.7. The van der Waals surface area contributed by atoms with Gasteiger partial charge in [0.15, 0.2) is 0 Å². The second-order valence-electron chi connectivity index (χ2n) is 6.51. The lowest BCUT2D eigenvalue weighted by atomic mass is 10.1. The number of aromatic nitrogens is 2. The number of rotatable bonds is 3. The van der Waals surface area contributed by atoms with E-state index in [-0.39, 0.29) is 5.91 Å². The third-order valence-corrected chi connectivity index (χ3v) is 4.29. The number of para-hydroxylation sites is 2. The summed E-state index contributed by atoms with van der Waals surface area (Å²) < 4.78 is 0. The minimum atomic E-state index is -0.119. The van der Waals surface area contributed by atoms with Crippen LogP contribution in [0.2, 0.25) is 0 Å². The standard InChI is InChI=1S/C22H19N3O/c1-14-11-15(2)13-18(12-14)23-22(26)17-9-7-16(8-10-17)21-24-19-5-3-4-6-20(19)25-21/h3-13H,1-2H3,(H,23,26)(H,24,25). The van der Waals surface area contributed by atoms with Gasteiger partial charge in [-0.15, -0.1) is 0 Å². The normalized spacial score (nSPS) is 10.8. The summed E-state index contributed by atoms with van der Waals surface area (Å²) in [4.78, 5) is 20.4. The molecule has 0 atom stereocenters. The largest absolute Gasteiger partial charge is 0.338 e. The maximum Gasteiger partial charge on any atom is 0.255 e. The first kappa shape index (κ1) is 16.1. The van der Waals surface area contributed by atoms with E-state index in [1.54, 1.807) is 0 Å². The number of hydrogen-bond donors (Lipinski definition) is 2. The first-order valence-electron chi connectivity index (χ1n) is 8.53. The number of carbonyl (C=O) groups is 1. The summed E-state index contributed by atoms with van der Waals surface area (Å²) in [6.07, 6.45) is 0. The minimum absolute atomic E-state index is 0.119. The SMILES string of the molecule is Cc1cc(C)cc(NC(=O)c2ccc(-c3nc4ccccc4[nH]3)cc2)c1. The van der Waals surface area contributed by atoms with Gasteiger partial charge in [0, 0.05) is 16.8 Å². The fraction of sp³-hybridized carbons (Fsp3) is 0.0909. The molecular formula is C22H19N3O. The van der Waals surface area contributed by atoms with Crippen molar-refractivity contribution in [2.45, 2.75) is 13.8 Å². The van der Waals surface area contributed by atoms with Crippen LogP contribution >= 0.6 is 0 Å². The Balaban J connectivity index is 1.56. The van der Waals surface area contributed by atoms with Crippen molar-refractivity contribution in [2.24, 2.45) is 0 Å². The zero-order valence-electron chi connectivity index (χ0n) is 14.7. The Bertz CT molecular complexity index is 1040. The Morgan fingerprint density at radius 1 is 0.923 bits per heavy atom. The van der Waals surface area contributed by atoms with Gasteiger partial charge in [0.1, 0.15) is 5.82 Å². The van der Waals surface area contributed by atoms with Crippen molar-refractivity contribution in [2.75, 3.05) is 5.32 Å². The predicted molar refractivity (Wildman–Crippen MR) is 105 cm³/mol. The summed E-state index contributed by atoms with van der Waals surface area (Å²) in [5.74, 6) is 0.679. The van der Waals surface area contributed by atoms with Crippen LogP contribution < -0.4 is 5.32 Å². The Morgan fingerprint density at radius 3 is 2.31 bits per heavy atom. The molecule has 3 aromatic carbocycles. The van der Waals surface area contributed by atoms with Crippen LogP contribution in [0.3, 0.4) is 0 Å². The molecule has 0 aliphatic rings. The number of imidazole rings is 1. The fourth-order valence-corrected chi connectivity index (χ4v) is 3.12. The molecule has 4 rings (SSSR count). The van der Waals surface area contributed by atoms with E-state index in [2.05, 4.69) is 21.4 Å². The molecule has 4 nitrogen and oxygen atoms in total. The highest BCUT2D eigenvalue weighted by molar-refractivity contribution is 6.04. The summed E-state index contributed by atoms with van der Waals surface area (Å²) in [5.41, 5.74) is 6.56. The van der Waals surface area contributed by atoms with Gasteiger partial charge in [-0.05, 0) is 61.4 Å². The van der Waals surface area contributed by atoms with Crippen molar-refractivity contribution >= 4 is 22.6 Å². The number of H-pyrrole nitrogens is 1. The van der Waals surface area contributed by atoms with Crippen molar-refractivity contribution in [1.82, 2.24) is 9.97 Å². The molecule has 1 heterocycles. The average Bonchev–Trinajstić information content (AvgIpc) is 3.05. The number of aryl methyl sites for hydroxylation is 2. The van der Waals surface area contributed by atoms with Crippen molar-refractivity contribution in [3.8, 4) is 11.4 Å². The predicted octanol–water partition coefficient (Wildman–Crippen LogP) is 5.10. The van der Waals surface area contributed by atoms with Gasteiger partial charge in [0.2, 0.25) is 0 Å². The summed E-state index contributed by atoms with van der Waals surface area (Å²) in [6, 6.07) is 21.4. The van der Waals surface area contributed by atoms with E-state index in [1.165, 1.54) is 0 Å². The summed E-state index contributed by atoms with van der Waals surface area (Å²) in [7, 11) is 0. The molecule has 128 valence electrons. The zero-order chi connectivity index (χ0) is 18.1. The molecular weight excluding hydrogens is 322 g/mol. The van der Waals surface area contributed by atoms with Crippen LogP contribution in [0.15, 0.2) is 66.7 Å². The Kier molecular flexibility index (Phi) is 4.01. The molecule has 0 unspecified atom stereocenters. The number of aromatic amines is 1. The lowest BCUT2D eigenvalue weighted by Crippen LogP contribution is -2.12. The van der Waals surface area contributed by atoms with Gasteiger partial charge in [-0.25, -0.2) is 4.98 Å². The number of hydrogen-bond acceptors (Lipinski definition) is 2. The topological polar surface area (TPSA) is 57.8 Å². The van der Waals surface area contributed by atoms with E-state index in [4.69, 9.17) is 0 Å². The summed E-state index contributed by atoms with van der Waals surface area (Å²) in [5, 5.41) is 2.96. The minimum Gasteiger partial charge on any atom is -0.338 e. The number of fused-ring (bicyclic) bond motifs is 1. The molecule has 4 heteroatoms. The number of anilines is 1.